The van der Waals surface area contributed by atoms with Crippen LogP contribution in [0.5, 0.6) is 0 Å². The third-order valence-corrected chi connectivity index (χ3v) is 3.99. The van der Waals surface area contributed by atoms with Gasteiger partial charge in [0.1, 0.15) is 5.82 Å². The Kier molecular flexibility index (Phi) is 4.06. The third-order valence-electron chi connectivity index (χ3n) is 2.09. The molecule has 1 rings (SSSR count). The average Bonchev–Trinajstić information content (AvgIpc) is 2.27. The van der Waals surface area contributed by atoms with E-state index in [0.717, 1.165) is 16.4 Å². The van der Waals surface area contributed by atoms with Crippen LogP contribution in [0, 0.1) is 5.82 Å². The average molecular weight is 258 g/mol. The van der Waals surface area contributed by atoms with Gasteiger partial charge in [0.2, 0.25) is 10.0 Å². The number of rotatable bonds is 4. The van der Waals surface area contributed by atoms with E-state index in [1.807, 2.05) is 0 Å². The molecule has 0 aromatic heterocycles. The molecule has 0 aliphatic heterocycles. The molecular weight excluding hydrogens is 247 g/mol. The van der Waals surface area contributed by atoms with Gasteiger partial charge in [0.15, 0.2) is 0 Å². The van der Waals surface area contributed by atoms with Crippen LogP contribution in [0.1, 0.15) is 5.56 Å². The first-order valence-corrected chi connectivity index (χ1v) is 6.05. The quantitative estimate of drug-likeness (QED) is 0.469. The highest BCUT2D eigenvalue weighted by Crippen LogP contribution is 2.20. The summed E-state index contributed by atoms with van der Waals surface area (Å²) in [5.74, 6) is -0.657. The SMILES string of the molecule is CN(C)S(=O)(=O)c1cc(F)ccc1CN=[N+]=[N-]. The second-order valence-corrected chi connectivity index (χ2v) is 5.55. The van der Waals surface area contributed by atoms with Gasteiger partial charge in [-0.3, -0.25) is 0 Å². The lowest BCUT2D eigenvalue weighted by Crippen LogP contribution is -2.23. The molecule has 0 heterocycles. The van der Waals surface area contributed by atoms with Crippen LogP contribution >= 0.6 is 0 Å². The van der Waals surface area contributed by atoms with E-state index >= 15 is 0 Å². The predicted octanol–water partition coefficient (Wildman–Crippen LogP) is 1.89. The summed E-state index contributed by atoms with van der Waals surface area (Å²) in [7, 11) is -1.06. The molecule has 0 aliphatic rings. The molecular formula is C9H11FN4O2S. The molecule has 6 nitrogen and oxygen atoms in total. The number of halogens is 1. The van der Waals surface area contributed by atoms with Gasteiger partial charge in [0, 0.05) is 19.0 Å². The van der Waals surface area contributed by atoms with E-state index < -0.39 is 15.8 Å². The minimum absolute atomic E-state index is 0.140. The Morgan fingerprint density at radius 1 is 1.47 bits per heavy atom. The number of sulfonamides is 1. The summed E-state index contributed by atoms with van der Waals surface area (Å²) in [6.07, 6.45) is 0. The number of nitrogens with zero attached hydrogens (tertiary/aromatic N) is 4. The van der Waals surface area contributed by atoms with Gasteiger partial charge in [0.25, 0.3) is 0 Å². The van der Waals surface area contributed by atoms with Crippen molar-refractivity contribution < 1.29 is 12.8 Å². The molecule has 92 valence electrons. The first-order valence-electron chi connectivity index (χ1n) is 4.61. The van der Waals surface area contributed by atoms with Crippen LogP contribution in [0.2, 0.25) is 0 Å². The topological polar surface area (TPSA) is 86.1 Å². The zero-order valence-corrected chi connectivity index (χ0v) is 10.1. The van der Waals surface area contributed by atoms with Gasteiger partial charge < -0.3 is 0 Å². The van der Waals surface area contributed by atoms with Crippen molar-refractivity contribution in [2.45, 2.75) is 11.4 Å². The smallest absolute Gasteiger partial charge is 0.207 e. The molecule has 0 N–H and O–H groups in total. The van der Waals surface area contributed by atoms with E-state index in [9.17, 15) is 12.8 Å². The molecule has 17 heavy (non-hydrogen) atoms. The van der Waals surface area contributed by atoms with Crippen molar-refractivity contribution in [3.8, 4) is 0 Å². The van der Waals surface area contributed by atoms with E-state index in [0.29, 0.717) is 0 Å². The van der Waals surface area contributed by atoms with Gasteiger partial charge in [-0.2, -0.15) is 0 Å². The van der Waals surface area contributed by atoms with Gasteiger partial charge in [-0.1, -0.05) is 11.2 Å². The molecule has 0 aliphatic carbocycles. The number of benzene rings is 1. The van der Waals surface area contributed by atoms with E-state index in [1.165, 1.54) is 20.2 Å². The van der Waals surface area contributed by atoms with E-state index in [2.05, 4.69) is 10.0 Å². The van der Waals surface area contributed by atoms with Crippen LogP contribution in [-0.4, -0.2) is 26.8 Å². The minimum atomic E-state index is -3.75. The van der Waals surface area contributed by atoms with Crippen molar-refractivity contribution in [1.82, 2.24) is 4.31 Å². The molecule has 1 aromatic rings. The lowest BCUT2D eigenvalue weighted by Gasteiger charge is -2.14. The van der Waals surface area contributed by atoms with Crippen molar-refractivity contribution in [3.63, 3.8) is 0 Å². The molecule has 0 atom stereocenters. The van der Waals surface area contributed by atoms with Crippen molar-refractivity contribution in [3.05, 3.63) is 40.0 Å². The summed E-state index contributed by atoms with van der Waals surface area (Å²) < 4.78 is 37.8. The number of hydrogen-bond acceptors (Lipinski definition) is 3. The van der Waals surface area contributed by atoms with Crippen molar-refractivity contribution >= 4 is 10.0 Å². The lowest BCUT2D eigenvalue weighted by molar-refractivity contribution is 0.517. The third kappa shape index (κ3) is 2.94. The fraction of sp³-hybridized carbons (Fsp3) is 0.333. The first-order chi connectivity index (χ1) is 7.89. The highest BCUT2D eigenvalue weighted by Gasteiger charge is 2.21. The minimum Gasteiger partial charge on any atom is -0.207 e. The molecule has 0 amide bonds. The molecule has 0 saturated carbocycles. The molecule has 0 radical (unpaired) electrons. The van der Waals surface area contributed by atoms with Crippen molar-refractivity contribution in [1.29, 1.82) is 0 Å². The molecule has 8 heteroatoms. The number of azide groups is 1. The Bertz CT molecular complexity index is 564. The summed E-state index contributed by atoms with van der Waals surface area (Å²) in [5, 5.41) is 3.28. The predicted molar refractivity (Wildman–Crippen MR) is 60.1 cm³/mol. The molecule has 0 fully saturated rings. The van der Waals surface area contributed by atoms with Gasteiger partial charge in [-0.25, -0.2) is 17.1 Å². The highest BCUT2D eigenvalue weighted by atomic mass is 32.2. The van der Waals surface area contributed by atoms with Crippen LogP contribution in [0.25, 0.3) is 10.4 Å². The van der Waals surface area contributed by atoms with E-state index in [-0.39, 0.29) is 17.0 Å². The molecule has 1 aromatic carbocycles. The Morgan fingerprint density at radius 2 is 2.12 bits per heavy atom. The molecule has 0 unspecified atom stereocenters. The normalized spacial score (nSPS) is 11.3. The van der Waals surface area contributed by atoms with Crippen LogP contribution in [0.15, 0.2) is 28.2 Å². The van der Waals surface area contributed by atoms with Gasteiger partial charge in [-0.05, 0) is 23.2 Å². The van der Waals surface area contributed by atoms with Crippen molar-refractivity contribution in [2.75, 3.05) is 14.1 Å². The van der Waals surface area contributed by atoms with Gasteiger partial charge in [0.05, 0.1) is 11.4 Å². The largest absolute Gasteiger partial charge is 0.242 e. The Morgan fingerprint density at radius 3 is 2.65 bits per heavy atom. The monoisotopic (exact) mass is 258 g/mol. The maximum atomic E-state index is 13.1. The summed E-state index contributed by atoms with van der Waals surface area (Å²) >= 11 is 0. The number of hydrogen-bond donors (Lipinski definition) is 0. The molecule has 0 saturated heterocycles. The summed E-state index contributed by atoms with van der Waals surface area (Å²) in [5.41, 5.74) is 8.47. The van der Waals surface area contributed by atoms with E-state index in [4.69, 9.17) is 5.53 Å². The Labute approximate surface area is 98.3 Å². The second kappa shape index (κ2) is 5.13. The maximum absolute atomic E-state index is 13.1. The van der Waals surface area contributed by atoms with Crippen LogP contribution in [0.4, 0.5) is 4.39 Å². The van der Waals surface area contributed by atoms with Gasteiger partial charge in [-0.15, -0.1) is 0 Å². The van der Waals surface area contributed by atoms with Gasteiger partial charge >= 0.3 is 0 Å². The van der Waals surface area contributed by atoms with Crippen LogP contribution in [0.3, 0.4) is 0 Å². The van der Waals surface area contributed by atoms with Crippen LogP contribution in [-0.2, 0) is 16.6 Å². The standard InChI is InChI=1S/C9H11FN4O2S/c1-14(2)17(15,16)9-5-8(10)4-3-7(9)6-12-13-11/h3-5H,6H2,1-2H3. The second-order valence-electron chi connectivity index (χ2n) is 3.43. The fourth-order valence-corrected chi connectivity index (χ4v) is 2.32. The Hall–Kier alpha value is -1.63. The highest BCUT2D eigenvalue weighted by molar-refractivity contribution is 7.89. The Balaban J connectivity index is 3.39. The first kappa shape index (κ1) is 13.4. The van der Waals surface area contributed by atoms with Crippen molar-refractivity contribution in [2.24, 2.45) is 5.11 Å². The fourth-order valence-electron chi connectivity index (χ4n) is 1.20. The lowest BCUT2D eigenvalue weighted by atomic mass is 10.2. The summed E-state index contributed by atoms with van der Waals surface area (Å²) in [6.45, 7) is -0.140. The van der Waals surface area contributed by atoms with E-state index in [1.54, 1.807) is 0 Å². The summed E-state index contributed by atoms with van der Waals surface area (Å²) in [6, 6.07) is 3.33. The summed E-state index contributed by atoms with van der Waals surface area (Å²) in [4.78, 5) is 2.36. The zero-order valence-electron chi connectivity index (χ0n) is 9.33. The molecule has 0 bridgehead atoms. The maximum Gasteiger partial charge on any atom is 0.242 e. The zero-order chi connectivity index (χ0) is 13.1. The van der Waals surface area contributed by atoms with Crippen LogP contribution < -0.4 is 0 Å². The molecule has 0 spiro atoms.